The van der Waals surface area contributed by atoms with Gasteiger partial charge in [0.25, 0.3) is 0 Å². The van der Waals surface area contributed by atoms with E-state index in [1.165, 1.54) is 32.1 Å². The molecule has 2 rings (SSSR count). The van der Waals surface area contributed by atoms with Gasteiger partial charge in [0.1, 0.15) is 0 Å². The number of rotatable bonds is 2. The molecule has 0 aromatic heterocycles. The summed E-state index contributed by atoms with van der Waals surface area (Å²) in [5.74, 6) is 0. The molecule has 1 fully saturated rings. The molecule has 1 aromatic carbocycles. The maximum atomic E-state index is 5.90. The summed E-state index contributed by atoms with van der Waals surface area (Å²) in [5.41, 5.74) is 14.0. The molecule has 82 valence electrons. The van der Waals surface area contributed by atoms with Gasteiger partial charge in [-0.05, 0) is 31.0 Å². The SMILES string of the molecule is Nc1ccc(NC2CCCCC2)c(N)c1. The van der Waals surface area contributed by atoms with E-state index in [1.54, 1.807) is 0 Å². The van der Waals surface area contributed by atoms with Gasteiger partial charge >= 0.3 is 0 Å². The van der Waals surface area contributed by atoms with E-state index in [-0.39, 0.29) is 0 Å². The van der Waals surface area contributed by atoms with Crippen LogP contribution < -0.4 is 16.8 Å². The van der Waals surface area contributed by atoms with Crippen LogP contribution in [0.1, 0.15) is 32.1 Å². The van der Waals surface area contributed by atoms with Gasteiger partial charge < -0.3 is 16.8 Å². The fourth-order valence-electron chi connectivity index (χ4n) is 2.18. The largest absolute Gasteiger partial charge is 0.399 e. The third-order valence-corrected chi connectivity index (χ3v) is 3.04. The first-order chi connectivity index (χ1) is 7.25. The summed E-state index contributed by atoms with van der Waals surface area (Å²) < 4.78 is 0. The highest BCUT2D eigenvalue weighted by molar-refractivity contribution is 5.70. The molecule has 1 aliphatic carbocycles. The third kappa shape index (κ3) is 2.55. The monoisotopic (exact) mass is 205 g/mol. The van der Waals surface area contributed by atoms with E-state index in [1.807, 2.05) is 18.2 Å². The minimum atomic E-state index is 0.588. The van der Waals surface area contributed by atoms with Crippen LogP contribution in [-0.2, 0) is 0 Å². The predicted octanol–water partition coefficient (Wildman–Crippen LogP) is 2.60. The lowest BCUT2D eigenvalue weighted by atomic mass is 9.95. The Morgan fingerprint density at radius 3 is 2.47 bits per heavy atom. The van der Waals surface area contributed by atoms with Crippen molar-refractivity contribution in [2.45, 2.75) is 38.1 Å². The Bertz CT molecular complexity index is 330. The van der Waals surface area contributed by atoms with Crippen molar-refractivity contribution >= 4 is 17.1 Å². The van der Waals surface area contributed by atoms with Crippen molar-refractivity contribution in [3.05, 3.63) is 18.2 Å². The third-order valence-electron chi connectivity index (χ3n) is 3.04. The van der Waals surface area contributed by atoms with Crippen molar-refractivity contribution in [3.8, 4) is 0 Å². The van der Waals surface area contributed by atoms with E-state index in [2.05, 4.69) is 5.32 Å². The zero-order valence-electron chi connectivity index (χ0n) is 9.00. The maximum Gasteiger partial charge on any atom is 0.0577 e. The maximum absolute atomic E-state index is 5.90. The van der Waals surface area contributed by atoms with Crippen LogP contribution in [-0.4, -0.2) is 6.04 Å². The van der Waals surface area contributed by atoms with E-state index < -0.39 is 0 Å². The van der Waals surface area contributed by atoms with Crippen LogP contribution in [0.3, 0.4) is 0 Å². The molecule has 0 amide bonds. The molecule has 0 spiro atoms. The fraction of sp³-hybridized carbons (Fsp3) is 0.500. The molecule has 0 aliphatic heterocycles. The van der Waals surface area contributed by atoms with E-state index in [0.29, 0.717) is 6.04 Å². The van der Waals surface area contributed by atoms with E-state index in [9.17, 15) is 0 Å². The first kappa shape index (κ1) is 10.1. The number of hydrogen-bond donors (Lipinski definition) is 3. The summed E-state index contributed by atoms with van der Waals surface area (Å²) in [6, 6.07) is 6.26. The van der Waals surface area contributed by atoms with Crippen LogP contribution in [0.4, 0.5) is 17.1 Å². The number of anilines is 3. The molecule has 0 saturated heterocycles. The highest BCUT2D eigenvalue weighted by Gasteiger charge is 2.13. The summed E-state index contributed by atoms with van der Waals surface area (Å²) in [6.07, 6.45) is 6.53. The van der Waals surface area contributed by atoms with Gasteiger partial charge in [-0.1, -0.05) is 19.3 Å². The molecule has 0 bridgehead atoms. The van der Waals surface area contributed by atoms with Gasteiger partial charge in [-0.15, -0.1) is 0 Å². The zero-order chi connectivity index (χ0) is 10.7. The average molecular weight is 205 g/mol. The first-order valence-corrected chi connectivity index (χ1v) is 5.67. The number of hydrogen-bond acceptors (Lipinski definition) is 3. The normalized spacial score (nSPS) is 17.6. The van der Waals surface area contributed by atoms with Gasteiger partial charge in [-0.25, -0.2) is 0 Å². The highest BCUT2D eigenvalue weighted by atomic mass is 14.9. The lowest BCUT2D eigenvalue weighted by Gasteiger charge is -2.24. The van der Waals surface area contributed by atoms with E-state index in [4.69, 9.17) is 11.5 Å². The quantitative estimate of drug-likeness (QED) is 0.650. The van der Waals surface area contributed by atoms with Gasteiger partial charge in [0.2, 0.25) is 0 Å². The lowest BCUT2D eigenvalue weighted by Crippen LogP contribution is -2.22. The molecule has 0 atom stereocenters. The van der Waals surface area contributed by atoms with Gasteiger partial charge in [-0.3, -0.25) is 0 Å². The molecule has 1 saturated carbocycles. The molecular weight excluding hydrogens is 186 g/mol. The van der Waals surface area contributed by atoms with Crippen LogP contribution in [0, 0.1) is 0 Å². The fourth-order valence-corrected chi connectivity index (χ4v) is 2.18. The van der Waals surface area contributed by atoms with Gasteiger partial charge in [0.05, 0.1) is 11.4 Å². The van der Waals surface area contributed by atoms with Crippen LogP contribution in [0.2, 0.25) is 0 Å². The molecule has 3 nitrogen and oxygen atoms in total. The number of nitrogen functional groups attached to an aromatic ring is 2. The Balaban J connectivity index is 2.03. The standard InChI is InChI=1S/C12H19N3/c13-9-6-7-12(11(14)8-9)15-10-4-2-1-3-5-10/h6-8,10,15H,1-5,13-14H2. The van der Waals surface area contributed by atoms with Crippen molar-refractivity contribution in [2.75, 3.05) is 16.8 Å². The smallest absolute Gasteiger partial charge is 0.0577 e. The minimum absolute atomic E-state index is 0.588. The Labute approximate surface area is 90.8 Å². The predicted molar refractivity (Wildman–Crippen MR) is 65.8 cm³/mol. The number of nitrogens with one attached hydrogen (secondary N) is 1. The second-order valence-electron chi connectivity index (χ2n) is 4.33. The van der Waals surface area contributed by atoms with Gasteiger partial charge in [-0.2, -0.15) is 0 Å². The van der Waals surface area contributed by atoms with Crippen LogP contribution >= 0.6 is 0 Å². The number of benzene rings is 1. The summed E-state index contributed by atoms with van der Waals surface area (Å²) in [5, 5.41) is 3.50. The van der Waals surface area contributed by atoms with Crippen molar-refractivity contribution in [1.82, 2.24) is 0 Å². The Kier molecular flexibility index (Phi) is 2.99. The molecule has 0 unspecified atom stereocenters. The van der Waals surface area contributed by atoms with Crippen molar-refractivity contribution in [3.63, 3.8) is 0 Å². The van der Waals surface area contributed by atoms with Crippen molar-refractivity contribution < 1.29 is 0 Å². The van der Waals surface area contributed by atoms with Crippen molar-refractivity contribution in [2.24, 2.45) is 0 Å². The second kappa shape index (κ2) is 4.43. The topological polar surface area (TPSA) is 64.1 Å². The Hall–Kier alpha value is -1.38. The lowest BCUT2D eigenvalue weighted by molar-refractivity contribution is 0.463. The van der Waals surface area contributed by atoms with E-state index in [0.717, 1.165) is 17.1 Å². The van der Waals surface area contributed by atoms with Crippen LogP contribution in [0.15, 0.2) is 18.2 Å². The molecular formula is C12H19N3. The second-order valence-corrected chi connectivity index (χ2v) is 4.33. The van der Waals surface area contributed by atoms with E-state index >= 15 is 0 Å². The Morgan fingerprint density at radius 2 is 1.80 bits per heavy atom. The zero-order valence-corrected chi connectivity index (χ0v) is 9.00. The Morgan fingerprint density at radius 1 is 1.07 bits per heavy atom. The molecule has 1 aromatic rings. The average Bonchev–Trinajstić information content (AvgIpc) is 2.24. The first-order valence-electron chi connectivity index (χ1n) is 5.67. The molecule has 3 heteroatoms. The van der Waals surface area contributed by atoms with Gasteiger partial charge in [0.15, 0.2) is 0 Å². The summed E-state index contributed by atoms with van der Waals surface area (Å²) >= 11 is 0. The molecule has 0 heterocycles. The summed E-state index contributed by atoms with van der Waals surface area (Å²) in [7, 11) is 0. The molecule has 5 N–H and O–H groups in total. The molecule has 15 heavy (non-hydrogen) atoms. The van der Waals surface area contributed by atoms with Crippen LogP contribution in [0.25, 0.3) is 0 Å². The summed E-state index contributed by atoms with van der Waals surface area (Å²) in [4.78, 5) is 0. The number of nitrogens with two attached hydrogens (primary N) is 2. The minimum Gasteiger partial charge on any atom is -0.399 e. The van der Waals surface area contributed by atoms with Crippen LogP contribution in [0.5, 0.6) is 0 Å². The molecule has 0 radical (unpaired) electrons. The highest BCUT2D eigenvalue weighted by Crippen LogP contribution is 2.26. The summed E-state index contributed by atoms with van der Waals surface area (Å²) in [6.45, 7) is 0. The van der Waals surface area contributed by atoms with Crippen molar-refractivity contribution in [1.29, 1.82) is 0 Å². The van der Waals surface area contributed by atoms with Gasteiger partial charge in [0, 0.05) is 11.7 Å². The molecule has 1 aliphatic rings.